The van der Waals surface area contributed by atoms with Gasteiger partial charge in [-0.05, 0) is 24.3 Å². The Morgan fingerprint density at radius 3 is 2.68 bits per heavy atom. The Balaban J connectivity index is 1.82. The highest BCUT2D eigenvalue weighted by atomic mass is 32.2. The second-order valence-corrected chi connectivity index (χ2v) is 5.02. The second kappa shape index (κ2) is 6.95. The Labute approximate surface area is 115 Å². The summed E-state index contributed by atoms with van der Waals surface area (Å²) in [4.78, 5) is 11.8. The predicted octanol–water partition coefficient (Wildman–Crippen LogP) is 3.81. The summed E-state index contributed by atoms with van der Waals surface area (Å²) >= 11 is 1.67. The molecule has 0 N–H and O–H groups in total. The average Bonchev–Trinajstić information content (AvgIpc) is 2.44. The summed E-state index contributed by atoms with van der Waals surface area (Å²) in [5.41, 5.74) is 0.283. The van der Waals surface area contributed by atoms with Crippen LogP contribution in [0.3, 0.4) is 0 Å². The molecule has 0 aliphatic carbocycles. The predicted molar refractivity (Wildman–Crippen MR) is 74.4 cm³/mol. The van der Waals surface area contributed by atoms with E-state index in [2.05, 4.69) is 0 Å². The van der Waals surface area contributed by atoms with E-state index in [0.717, 1.165) is 5.75 Å². The number of ether oxygens (including phenoxy) is 1. The summed E-state index contributed by atoms with van der Waals surface area (Å²) in [6, 6.07) is 14.0. The summed E-state index contributed by atoms with van der Waals surface area (Å²) in [7, 11) is 0. The van der Waals surface area contributed by atoms with Gasteiger partial charge in [-0.3, -0.25) is 4.79 Å². The van der Waals surface area contributed by atoms with Crippen LogP contribution in [0.4, 0.5) is 4.39 Å². The molecule has 0 saturated heterocycles. The summed E-state index contributed by atoms with van der Waals surface area (Å²) in [6.07, 6.45) is 0.606. The number of carbonyl (C=O) groups excluding carboxylic acids is 1. The number of carbonyl (C=O) groups is 1. The van der Waals surface area contributed by atoms with Crippen molar-refractivity contribution in [3.05, 3.63) is 59.9 Å². The van der Waals surface area contributed by atoms with E-state index in [1.807, 2.05) is 30.3 Å². The third-order valence-corrected chi connectivity index (χ3v) is 3.37. The van der Waals surface area contributed by atoms with Crippen LogP contribution in [0.15, 0.2) is 53.4 Å². The Morgan fingerprint density at radius 2 is 1.95 bits per heavy atom. The molecule has 2 rings (SSSR count). The zero-order chi connectivity index (χ0) is 13.5. The normalized spacial score (nSPS) is 10.2. The van der Waals surface area contributed by atoms with Crippen LogP contribution in [0.5, 0.6) is 5.75 Å². The Bertz CT molecular complexity index is 543. The molecule has 2 nitrogen and oxygen atoms in total. The van der Waals surface area contributed by atoms with Gasteiger partial charge >= 0.3 is 0 Å². The molecule has 2 aromatic rings. The molecule has 0 atom stereocenters. The lowest BCUT2D eigenvalue weighted by Crippen LogP contribution is -2.01. The van der Waals surface area contributed by atoms with Gasteiger partial charge in [0, 0.05) is 22.3 Å². The van der Waals surface area contributed by atoms with Crippen LogP contribution in [0.1, 0.15) is 10.4 Å². The largest absolute Gasteiger partial charge is 0.493 e. The van der Waals surface area contributed by atoms with Gasteiger partial charge in [0.05, 0.1) is 6.61 Å². The molecule has 98 valence electrons. The fourth-order valence-electron chi connectivity index (χ4n) is 1.57. The third kappa shape index (κ3) is 4.41. The quantitative estimate of drug-likeness (QED) is 0.456. The molecule has 4 heteroatoms. The maximum absolute atomic E-state index is 13.1. The van der Waals surface area contributed by atoms with E-state index in [0.29, 0.717) is 18.6 Å². The summed E-state index contributed by atoms with van der Waals surface area (Å²) in [5, 5.41) is 0. The first-order chi connectivity index (χ1) is 9.28. The molecule has 0 radical (unpaired) electrons. The molecular weight excluding hydrogens is 263 g/mol. The monoisotopic (exact) mass is 276 g/mol. The lowest BCUT2D eigenvalue weighted by molar-refractivity contribution is 0.112. The molecule has 0 bridgehead atoms. The summed E-state index contributed by atoms with van der Waals surface area (Å²) in [6.45, 7) is 0.460. The van der Waals surface area contributed by atoms with Crippen molar-refractivity contribution < 1.29 is 13.9 Å². The maximum atomic E-state index is 13.1. The van der Waals surface area contributed by atoms with Crippen molar-refractivity contribution in [2.75, 3.05) is 12.4 Å². The average molecular weight is 276 g/mol. The molecule has 0 unspecified atom stereocenters. The van der Waals surface area contributed by atoms with E-state index in [4.69, 9.17) is 4.74 Å². The smallest absolute Gasteiger partial charge is 0.150 e. The van der Waals surface area contributed by atoms with E-state index >= 15 is 0 Å². The van der Waals surface area contributed by atoms with Crippen molar-refractivity contribution in [3.63, 3.8) is 0 Å². The molecule has 0 aromatic heterocycles. The van der Waals surface area contributed by atoms with Crippen molar-refractivity contribution in [1.82, 2.24) is 0 Å². The van der Waals surface area contributed by atoms with E-state index < -0.39 is 5.82 Å². The Hall–Kier alpha value is -1.81. The van der Waals surface area contributed by atoms with Gasteiger partial charge in [0.25, 0.3) is 0 Å². The van der Waals surface area contributed by atoms with Crippen LogP contribution in [-0.2, 0) is 0 Å². The van der Waals surface area contributed by atoms with Gasteiger partial charge in [-0.15, -0.1) is 11.8 Å². The molecule has 2 aromatic carbocycles. The Kier molecular flexibility index (Phi) is 4.98. The first-order valence-electron chi connectivity index (χ1n) is 5.84. The van der Waals surface area contributed by atoms with Crippen LogP contribution in [0.2, 0.25) is 0 Å². The third-order valence-electron chi connectivity index (χ3n) is 2.39. The van der Waals surface area contributed by atoms with Crippen molar-refractivity contribution >= 4 is 18.0 Å². The highest BCUT2D eigenvalue weighted by molar-refractivity contribution is 7.99. The molecular formula is C15H13FO2S. The van der Waals surface area contributed by atoms with Gasteiger partial charge in [0.2, 0.25) is 0 Å². The fourth-order valence-corrected chi connectivity index (χ4v) is 2.32. The minimum atomic E-state index is -0.463. The molecule has 0 spiro atoms. The number of halogens is 1. The molecule has 0 aliphatic heterocycles. The van der Waals surface area contributed by atoms with Crippen LogP contribution in [-0.4, -0.2) is 18.6 Å². The molecule has 0 saturated carbocycles. The van der Waals surface area contributed by atoms with E-state index in [9.17, 15) is 9.18 Å². The van der Waals surface area contributed by atoms with Crippen LogP contribution in [0, 0.1) is 5.82 Å². The van der Waals surface area contributed by atoms with Gasteiger partial charge < -0.3 is 4.74 Å². The minimum absolute atomic E-state index is 0.283. The Morgan fingerprint density at radius 1 is 1.16 bits per heavy atom. The molecule has 0 heterocycles. The van der Waals surface area contributed by atoms with E-state index in [-0.39, 0.29) is 5.56 Å². The van der Waals surface area contributed by atoms with Crippen molar-refractivity contribution in [1.29, 1.82) is 0 Å². The van der Waals surface area contributed by atoms with Gasteiger partial charge in [-0.25, -0.2) is 4.39 Å². The number of thioether (sulfide) groups is 1. The standard InChI is InChI=1S/C15H13FO2S/c16-13-8-12(11-17)9-14(10-13)18-6-7-19-15-4-2-1-3-5-15/h1-5,8-11H,6-7H2. The first-order valence-corrected chi connectivity index (χ1v) is 6.83. The number of rotatable bonds is 6. The van der Waals surface area contributed by atoms with Gasteiger partial charge in [0.1, 0.15) is 17.9 Å². The fraction of sp³-hybridized carbons (Fsp3) is 0.133. The maximum Gasteiger partial charge on any atom is 0.150 e. The molecule has 0 fully saturated rings. The molecule has 0 amide bonds. The zero-order valence-electron chi connectivity index (χ0n) is 10.2. The lowest BCUT2D eigenvalue weighted by Gasteiger charge is -2.06. The van der Waals surface area contributed by atoms with Crippen LogP contribution < -0.4 is 4.74 Å². The molecule has 0 aliphatic rings. The van der Waals surface area contributed by atoms with Gasteiger partial charge in [-0.1, -0.05) is 18.2 Å². The highest BCUT2D eigenvalue weighted by Gasteiger charge is 2.01. The topological polar surface area (TPSA) is 26.3 Å². The lowest BCUT2D eigenvalue weighted by atomic mass is 10.2. The van der Waals surface area contributed by atoms with Gasteiger partial charge in [-0.2, -0.15) is 0 Å². The zero-order valence-corrected chi connectivity index (χ0v) is 11.0. The van der Waals surface area contributed by atoms with Crippen molar-refractivity contribution in [2.45, 2.75) is 4.90 Å². The molecule has 19 heavy (non-hydrogen) atoms. The van der Waals surface area contributed by atoms with E-state index in [1.54, 1.807) is 11.8 Å². The van der Waals surface area contributed by atoms with Crippen LogP contribution >= 0.6 is 11.8 Å². The summed E-state index contributed by atoms with van der Waals surface area (Å²) in [5.74, 6) is 0.683. The van der Waals surface area contributed by atoms with Crippen molar-refractivity contribution in [3.8, 4) is 5.75 Å². The van der Waals surface area contributed by atoms with Crippen molar-refractivity contribution in [2.24, 2.45) is 0 Å². The van der Waals surface area contributed by atoms with E-state index in [1.165, 1.54) is 23.1 Å². The number of hydrogen-bond acceptors (Lipinski definition) is 3. The number of hydrogen-bond donors (Lipinski definition) is 0. The highest BCUT2D eigenvalue weighted by Crippen LogP contribution is 2.19. The summed E-state index contributed by atoms with van der Waals surface area (Å²) < 4.78 is 18.6. The number of aldehydes is 1. The first kappa shape index (κ1) is 13.6. The minimum Gasteiger partial charge on any atom is -0.493 e. The van der Waals surface area contributed by atoms with Gasteiger partial charge in [0.15, 0.2) is 0 Å². The second-order valence-electron chi connectivity index (χ2n) is 3.85. The van der Waals surface area contributed by atoms with Crippen LogP contribution in [0.25, 0.3) is 0 Å². The number of benzene rings is 2. The SMILES string of the molecule is O=Cc1cc(F)cc(OCCSc2ccccc2)c1.